The summed E-state index contributed by atoms with van der Waals surface area (Å²) in [6.07, 6.45) is 0. The third-order valence-electron chi connectivity index (χ3n) is 2.37. The third-order valence-corrected chi connectivity index (χ3v) is 2.37. The number of hydrogen-bond donors (Lipinski definition) is 2. The van der Waals surface area contributed by atoms with Crippen LogP contribution in [0.3, 0.4) is 0 Å². The summed E-state index contributed by atoms with van der Waals surface area (Å²) in [6, 6.07) is 7.70. The molecule has 0 saturated carbocycles. The molecule has 0 radical (unpaired) electrons. The highest BCUT2D eigenvalue weighted by atomic mass is 16.2. The van der Waals surface area contributed by atoms with Crippen molar-refractivity contribution in [2.45, 2.75) is 6.54 Å². The number of aliphatic hydroxyl groups excluding tert-OH is 1. The number of carbonyl (C=O) groups excluding carboxylic acids is 1. The first-order chi connectivity index (χ1) is 8.63. The van der Waals surface area contributed by atoms with Gasteiger partial charge >= 0.3 is 0 Å². The van der Waals surface area contributed by atoms with Crippen LogP contribution in [-0.2, 0) is 11.3 Å². The van der Waals surface area contributed by atoms with E-state index in [4.69, 9.17) is 5.11 Å². The van der Waals surface area contributed by atoms with E-state index in [0.717, 1.165) is 11.1 Å². The van der Waals surface area contributed by atoms with Crippen molar-refractivity contribution in [3.63, 3.8) is 0 Å². The van der Waals surface area contributed by atoms with Crippen LogP contribution in [0.5, 0.6) is 0 Å². The Balaban J connectivity index is 2.42. The number of nitrogens with zero attached hydrogens (tertiary/aromatic N) is 1. The molecule has 1 aromatic carbocycles. The lowest BCUT2D eigenvalue weighted by atomic mass is 10.1. The molecule has 0 fully saturated rings. The molecule has 0 aliphatic heterocycles. The SMILES string of the molecule is CN(C)C(=O)CNCc1ccc(C#CCO)cc1. The van der Waals surface area contributed by atoms with Gasteiger partial charge in [-0.15, -0.1) is 0 Å². The van der Waals surface area contributed by atoms with Crippen molar-refractivity contribution < 1.29 is 9.90 Å². The molecule has 96 valence electrons. The molecule has 4 nitrogen and oxygen atoms in total. The van der Waals surface area contributed by atoms with Crippen LogP contribution in [0.25, 0.3) is 0 Å². The number of carbonyl (C=O) groups is 1. The fourth-order valence-electron chi connectivity index (χ4n) is 1.32. The maximum Gasteiger partial charge on any atom is 0.236 e. The second-order valence-corrected chi connectivity index (χ2v) is 4.05. The molecule has 0 bridgehead atoms. The monoisotopic (exact) mass is 246 g/mol. The molecule has 18 heavy (non-hydrogen) atoms. The molecule has 0 aliphatic carbocycles. The molecule has 0 unspecified atom stereocenters. The Morgan fingerprint density at radius 2 is 2.00 bits per heavy atom. The van der Waals surface area contributed by atoms with Gasteiger partial charge in [0.05, 0.1) is 6.54 Å². The Kier molecular flexibility index (Phi) is 5.92. The second-order valence-electron chi connectivity index (χ2n) is 4.05. The normalized spacial score (nSPS) is 9.50. The highest BCUT2D eigenvalue weighted by molar-refractivity contribution is 5.77. The minimum atomic E-state index is -0.129. The Morgan fingerprint density at radius 1 is 1.33 bits per heavy atom. The van der Waals surface area contributed by atoms with Gasteiger partial charge in [0.25, 0.3) is 0 Å². The lowest BCUT2D eigenvalue weighted by Crippen LogP contribution is -2.32. The van der Waals surface area contributed by atoms with Gasteiger partial charge in [0.1, 0.15) is 6.61 Å². The molecule has 0 saturated heterocycles. The van der Waals surface area contributed by atoms with Crippen LogP contribution >= 0.6 is 0 Å². The summed E-state index contributed by atoms with van der Waals surface area (Å²) in [7, 11) is 3.47. The highest BCUT2D eigenvalue weighted by Crippen LogP contribution is 2.02. The van der Waals surface area contributed by atoms with Crippen molar-refractivity contribution in [1.29, 1.82) is 0 Å². The second kappa shape index (κ2) is 7.49. The molecular formula is C14H18N2O2. The van der Waals surface area contributed by atoms with Crippen molar-refractivity contribution in [3.05, 3.63) is 35.4 Å². The zero-order valence-corrected chi connectivity index (χ0v) is 10.7. The standard InChI is InChI=1S/C14H18N2O2/c1-16(2)14(18)11-15-10-13-7-5-12(6-8-13)4-3-9-17/h5-8,15,17H,9-11H2,1-2H3. The molecule has 4 heteroatoms. The number of likely N-dealkylation sites (N-methyl/N-ethyl adjacent to an activating group) is 1. The van der Waals surface area contributed by atoms with E-state index in [1.807, 2.05) is 24.3 Å². The number of hydrogen-bond acceptors (Lipinski definition) is 3. The van der Waals surface area contributed by atoms with Crippen LogP contribution in [0.15, 0.2) is 24.3 Å². The predicted molar refractivity (Wildman–Crippen MR) is 70.8 cm³/mol. The number of nitrogens with one attached hydrogen (secondary N) is 1. The van der Waals surface area contributed by atoms with Crippen LogP contribution < -0.4 is 5.32 Å². The minimum Gasteiger partial charge on any atom is -0.384 e. The van der Waals surface area contributed by atoms with Gasteiger partial charge in [-0.3, -0.25) is 4.79 Å². The van der Waals surface area contributed by atoms with Crippen LogP contribution in [0.2, 0.25) is 0 Å². The topological polar surface area (TPSA) is 52.6 Å². The molecule has 0 aromatic heterocycles. The van der Waals surface area contributed by atoms with Crippen LogP contribution in [0, 0.1) is 11.8 Å². The smallest absolute Gasteiger partial charge is 0.236 e. The quantitative estimate of drug-likeness (QED) is 0.747. The van der Waals surface area contributed by atoms with E-state index in [1.54, 1.807) is 19.0 Å². The van der Waals surface area contributed by atoms with E-state index in [-0.39, 0.29) is 12.5 Å². The van der Waals surface area contributed by atoms with E-state index in [0.29, 0.717) is 13.1 Å². The maximum absolute atomic E-state index is 11.3. The van der Waals surface area contributed by atoms with Gasteiger partial charge in [-0.25, -0.2) is 0 Å². The fraction of sp³-hybridized carbons (Fsp3) is 0.357. The van der Waals surface area contributed by atoms with E-state index in [9.17, 15) is 4.79 Å². The van der Waals surface area contributed by atoms with Gasteiger partial charge in [-0.2, -0.15) is 0 Å². The summed E-state index contributed by atoms with van der Waals surface area (Å²) in [5.41, 5.74) is 1.97. The van der Waals surface area contributed by atoms with E-state index in [2.05, 4.69) is 17.2 Å². The van der Waals surface area contributed by atoms with Gasteiger partial charge in [0.2, 0.25) is 5.91 Å². The number of benzene rings is 1. The summed E-state index contributed by atoms with van der Waals surface area (Å²) in [6.45, 7) is 0.850. The largest absolute Gasteiger partial charge is 0.384 e. The molecule has 0 spiro atoms. The molecule has 1 amide bonds. The van der Waals surface area contributed by atoms with Crippen molar-refractivity contribution in [1.82, 2.24) is 10.2 Å². The summed E-state index contributed by atoms with van der Waals surface area (Å²) >= 11 is 0. The lowest BCUT2D eigenvalue weighted by molar-refractivity contribution is -0.127. The van der Waals surface area contributed by atoms with Gasteiger partial charge in [0, 0.05) is 26.2 Å². The average molecular weight is 246 g/mol. The number of aliphatic hydroxyl groups is 1. The van der Waals surface area contributed by atoms with Crippen LogP contribution in [-0.4, -0.2) is 43.2 Å². The van der Waals surface area contributed by atoms with Gasteiger partial charge in [-0.05, 0) is 17.7 Å². The van der Waals surface area contributed by atoms with Crippen LogP contribution in [0.1, 0.15) is 11.1 Å². The zero-order valence-electron chi connectivity index (χ0n) is 10.7. The third kappa shape index (κ3) is 5.00. The minimum absolute atomic E-state index is 0.0560. The van der Waals surface area contributed by atoms with E-state index in [1.165, 1.54) is 0 Å². The molecule has 0 aliphatic rings. The van der Waals surface area contributed by atoms with E-state index < -0.39 is 0 Å². The van der Waals surface area contributed by atoms with Crippen molar-refractivity contribution >= 4 is 5.91 Å². The first-order valence-electron chi connectivity index (χ1n) is 5.73. The highest BCUT2D eigenvalue weighted by Gasteiger charge is 2.02. The Morgan fingerprint density at radius 3 is 2.56 bits per heavy atom. The summed E-state index contributed by atoms with van der Waals surface area (Å²) in [5.74, 6) is 5.48. The molecule has 1 rings (SSSR count). The Bertz CT molecular complexity index is 441. The van der Waals surface area contributed by atoms with Gasteiger partial charge in [-0.1, -0.05) is 24.0 Å². The molecule has 0 heterocycles. The van der Waals surface area contributed by atoms with Gasteiger partial charge < -0.3 is 15.3 Å². The zero-order chi connectivity index (χ0) is 13.4. The Hall–Kier alpha value is -1.83. The maximum atomic E-state index is 11.3. The van der Waals surface area contributed by atoms with Crippen molar-refractivity contribution in [3.8, 4) is 11.8 Å². The number of rotatable bonds is 4. The van der Waals surface area contributed by atoms with Crippen molar-refractivity contribution in [2.75, 3.05) is 27.2 Å². The molecule has 2 N–H and O–H groups in total. The summed E-state index contributed by atoms with van der Waals surface area (Å²) < 4.78 is 0. The average Bonchev–Trinajstić information content (AvgIpc) is 2.37. The molecule has 1 aromatic rings. The first kappa shape index (κ1) is 14.2. The van der Waals surface area contributed by atoms with E-state index >= 15 is 0 Å². The molecule has 0 atom stereocenters. The first-order valence-corrected chi connectivity index (χ1v) is 5.73. The summed E-state index contributed by atoms with van der Waals surface area (Å²) in [5, 5.41) is 11.7. The Labute approximate surface area is 108 Å². The van der Waals surface area contributed by atoms with Gasteiger partial charge in [0.15, 0.2) is 0 Å². The fourth-order valence-corrected chi connectivity index (χ4v) is 1.32. The lowest BCUT2D eigenvalue weighted by Gasteiger charge is -2.10. The van der Waals surface area contributed by atoms with Crippen molar-refractivity contribution in [2.24, 2.45) is 0 Å². The predicted octanol–water partition coefficient (Wildman–Crippen LogP) is 0.208. The summed E-state index contributed by atoms with van der Waals surface area (Å²) in [4.78, 5) is 12.9. The number of amides is 1. The van der Waals surface area contributed by atoms with Crippen LogP contribution in [0.4, 0.5) is 0 Å². The molecular weight excluding hydrogens is 228 g/mol.